The maximum Gasteiger partial charge on any atom is 0.410 e. The van der Waals surface area contributed by atoms with Crippen molar-refractivity contribution in [3.05, 3.63) is 0 Å². The first-order chi connectivity index (χ1) is 8.46. The lowest BCUT2D eigenvalue weighted by atomic mass is 9.89. The predicted molar refractivity (Wildman–Crippen MR) is 71.6 cm³/mol. The van der Waals surface area contributed by atoms with Crippen LogP contribution in [0.4, 0.5) is 4.79 Å². The average molecular weight is 254 g/mol. The topological polar surface area (TPSA) is 41.6 Å². The minimum absolute atomic E-state index is 0.145. The van der Waals surface area contributed by atoms with Crippen LogP contribution in [0.15, 0.2) is 0 Å². The molecule has 2 aliphatic heterocycles. The van der Waals surface area contributed by atoms with Crippen molar-refractivity contribution in [1.29, 1.82) is 0 Å². The van der Waals surface area contributed by atoms with E-state index in [4.69, 9.17) is 4.74 Å². The maximum absolute atomic E-state index is 12.1. The van der Waals surface area contributed by atoms with Crippen molar-refractivity contribution in [2.24, 2.45) is 5.92 Å². The number of fused-ring (bicyclic) bond motifs is 1. The summed E-state index contributed by atoms with van der Waals surface area (Å²) in [6.07, 6.45) is 4.58. The molecule has 104 valence electrons. The lowest BCUT2D eigenvalue weighted by Crippen LogP contribution is -2.45. The number of carbonyl (C=O) groups excluding carboxylic acids is 1. The second-order valence-electron chi connectivity index (χ2n) is 6.53. The zero-order chi connectivity index (χ0) is 13.2. The van der Waals surface area contributed by atoms with Crippen LogP contribution in [0.5, 0.6) is 0 Å². The summed E-state index contributed by atoms with van der Waals surface area (Å²) in [6.45, 7) is 8.60. The van der Waals surface area contributed by atoms with Gasteiger partial charge in [0.2, 0.25) is 0 Å². The van der Waals surface area contributed by atoms with Gasteiger partial charge in [-0.05, 0) is 58.9 Å². The molecule has 1 amide bonds. The van der Waals surface area contributed by atoms with Crippen molar-refractivity contribution in [3.8, 4) is 0 Å². The zero-order valence-corrected chi connectivity index (χ0v) is 11.9. The summed E-state index contributed by atoms with van der Waals surface area (Å²) in [4.78, 5) is 14.0. The Kier molecular flexibility index (Phi) is 4.15. The van der Waals surface area contributed by atoms with E-state index in [0.29, 0.717) is 12.0 Å². The van der Waals surface area contributed by atoms with Gasteiger partial charge in [-0.15, -0.1) is 0 Å². The molecule has 0 aromatic rings. The van der Waals surface area contributed by atoms with Crippen LogP contribution in [0, 0.1) is 5.92 Å². The molecular formula is C14H26N2O2. The summed E-state index contributed by atoms with van der Waals surface area (Å²) >= 11 is 0. The van der Waals surface area contributed by atoms with Crippen molar-refractivity contribution in [1.82, 2.24) is 10.2 Å². The van der Waals surface area contributed by atoms with E-state index in [0.717, 1.165) is 26.1 Å². The van der Waals surface area contributed by atoms with Crippen LogP contribution in [0.2, 0.25) is 0 Å². The van der Waals surface area contributed by atoms with Gasteiger partial charge in [-0.2, -0.15) is 0 Å². The van der Waals surface area contributed by atoms with E-state index in [9.17, 15) is 4.79 Å². The second kappa shape index (κ2) is 5.47. The number of rotatable bonds is 0. The minimum atomic E-state index is -0.395. The maximum atomic E-state index is 12.1. The van der Waals surface area contributed by atoms with E-state index in [1.54, 1.807) is 0 Å². The molecule has 2 rings (SSSR count). The number of hydrogen-bond donors (Lipinski definition) is 1. The number of ether oxygens (including phenoxy) is 1. The molecule has 0 radical (unpaired) electrons. The van der Waals surface area contributed by atoms with Gasteiger partial charge >= 0.3 is 6.09 Å². The molecule has 0 aromatic carbocycles. The third kappa shape index (κ3) is 3.61. The molecule has 2 aliphatic rings. The Morgan fingerprint density at radius 2 is 2.06 bits per heavy atom. The number of nitrogens with zero attached hydrogens (tertiary/aromatic N) is 1. The van der Waals surface area contributed by atoms with E-state index in [2.05, 4.69) is 5.32 Å². The van der Waals surface area contributed by atoms with Gasteiger partial charge in [0, 0.05) is 19.1 Å². The van der Waals surface area contributed by atoms with E-state index in [1.165, 1.54) is 19.3 Å². The summed E-state index contributed by atoms with van der Waals surface area (Å²) in [6, 6.07) is 0.603. The molecule has 0 aromatic heterocycles. The van der Waals surface area contributed by atoms with Crippen molar-refractivity contribution in [2.45, 2.75) is 58.1 Å². The van der Waals surface area contributed by atoms with Gasteiger partial charge in [-0.3, -0.25) is 0 Å². The number of hydrogen-bond acceptors (Lipinski definition) is 3. The normalized spacial score (nSPS) is 29.4. The quantitative estimate of drug-likeness (QED) is 0.721. The van der Waals surface area contributed by atoms with Crippen LogP contribution in [0.3, 0.4) is 0 Å². The van der Waals surface area contributed by atoms with E-state index in [-0.39, 0.29) is 6.09 Å². The van der Waals surface area contributed by atoms with Gasteiger partial charge in [0.1, 0.15) is 5.60 Å². The average Bonchev–Trinajstić information content (AvgIpc) is 2.48. The lowest BCUT2D eigenvalue weighted by Gasteiger charge is -2.33. The standard InChI is InChI=1S/C14H26N2O2/c1-14(2,3)18-13(17)16-9-5-7-12-11(10-16)6-4-8-15-12/h11-12,15H,4-10H2,1-3H3. The zero-order valence-electron chi connectivity index (χ0n) is 11.9. The Balaban J connectivity index is 1.95. The van der Waals surface area contributed by atoms with E-state index in [1.807, 2.05) is 25.7 Å². The largest absolute Gasteiger partial charge is 0.444 e. The van der Waals surface area contributed by atoms with Crippen molar-refractivity contribution in [2.75, 3.05) is 19.6 Å². The van der Waals surface area contributed by atoms with Crippen LogP contribution >= 0.6 is 0 Å². The highest BCUT2D eigenvalue weighted by molar-refractivity contribution is 5.68. The summed E-state index contributed by atoms with van der Waals surface area (Å²) in [5.41, 5.74) is -0.395. The molecule has 2 fully saturated rings. The van der Waals surface area contributed by atoms with E-state index < -0.39 is 5.60 Å². The monoisotopic (exact) mass is 254 g/mol. The van der Waals surface area contributed by atoms with Gasteiger partial charge in [0.15, 0.2) is 0 Å². The second-order valence-corrected chi connectivity index (χ2v) is 6.53. The summed E-state index contributed by atoms with van der Waals surface area (Å²) < 4.78 is 5.48. The molecule has 1 N–H and O–H groups in total. The number of nitrogens with one attached hydrogen (secondary N) is 1. The smallest absolute Gasteiger partial charge is 0.410 e. The summed E-state index contributed by atoms with van der Waals surface area (Å²) in [7, 11) is 0. The molecule has 0 spiro atoms. The van der Waals surface area contributed by atoms with Crippen LogP contribution in [0.1, 0.15) is 46.5 Å². The first kappa shape index (κ1) is 13.7. The fourth-order valence-corrected chi connectivity index (χ4v) is 2.94. The van der Waals surface area contributed by atoms with Crippen LogP contribution in [0.25, 0.3) is 0 Å². The molecule has 4 heteroatoms. The highest BCUT2D eigenvalue weighted by Gasteiger charge is 2.32. The Morgan fingerprint density at radius 3 is 2.78 bits per heavy atom. The van der Waals surface area contributed by atoms with Crippen molar-refractivity contribution >= 4 is 6.09 Å². The van der Waals surface area contributed by atoms with Crippen LogP contribution in [-0.2, 0) is 4.74 Å². The number of carbonyl (C=O) groups is 1. The van der Waals surface area contributed by atoms with Crippen LogP contribution < -0.4 is 5.32 Å². The number of piperidine rings is 1. The van der Waals surface area contributed by atoms with Crippen molar-refractivity contribution < 1.29 is 9.53 Å². The molecule has 0 aliphatic carbocycles. The molecular weight excluding hydrogens is 228 g/mol. The molecule has 2 heterocycles. The summed E-state index contributed by atoms with van der Waals surface area (Å²) in [5, 5.41) is 3.59. The van der Waals surface area contributed by atoms with Crippen LogP contribution in [-0.4, -0.2) is 42.3 Å². The van der Waals surface area contributed by atoms with Gasteiger partial charge in [0.05, 0.1) is 0 Å². The fourth-order valence-electron chi connectivity index (χ4n) is 2.94. The molecule has 2 unspecified atom stereocenters. The molecule has 2 saturated heterocycles. The molecule has 0 bridgehead atoms. The highest BCUT2D eigenvalue weighted by Crippen LogP contribution is 2.25. The summed E-state index contributed by atoms with van der Waals surface area (Å²) in [5.74, 6) is 0.605. The Labute approximate surface area is 110 Å². The molecule has 4 nitrogen and oxygen atoms in total. The predicted octanol–water partition coefficient (Wildman–Crippen LogP) is 2.39. The van der Waals surface area contributed by atoms with E-state index >= 15 is 0 Å². The third-order valence-corrected chi connectivity index (χ3v) is 3.78. The van der Waals surface area contributed by atoms with Gasteiger partial charge in [0.25, 0.3) is 0 Å². The Bertz CT molecular complexity index is 299. The SMILES string of the molecule is CC(C)(C)OC(=O)N1CCCC2NCCCC2C1. The van der Waals surface area contributed by atoms with Gasteiger partial charge in [-0.25, -0.2) is 4.79 Å². The van der Waals surface area contributed by atoms with Gasteiger partial charge in [-0.1, -0.05) is 0 Å². The first-order valence-corrected chi connectivity index (χ1v) is 7.17. The number of amides is 1. The Morgan fingerprint density at radius 1 is 1.28 bits per heavy atom. The Hall–Kier alpha value is -0.770. The fraction of sp³-hybridized carbons (Fsp3) is 0.929. The lowest BCUT2D eigenvalue weighted by molar-refractivity contribution is 0.0223. The van der Waals surface area contributed by atoms with Crippen molar-refractivity contribution in [3.63, 3.8) is 0 Å². The molecule has 2 atom stereocenters. The highest BCUT2D eigenvalue weighted by atomic mass is 16.6. The number of likely N-dealkylation sites (tertiary alicyclic amines) is 1. The molecule has 18 heavy (non-hydrogen) atoms. The minimum Gasteiger partial charge on any atom is -0.444 e. The van der Waals surface area contributed by atoms with Gasteiger partial charge < -0.3 is 15.0 Å². The third-order valence-electron chi connectivity index (χ3n) is 3.78. The first-order valence-electron chi connectivity index (χ1n) is 7.17. The molecule has 0 saturated carbocycles.